The smallest absolute Gasteiger partial charge is 0.308 e. The lowest BCUT2D eigenvalue weighted by Gasteiger charge is -2.32. The van der Waals surface area contributed by atoms with Crippen molar-refractivity contribution in [2.24, 2.45) is 5.92 Å². The molecular formula is C13H24N2O3. The zero-order valence-corrected chi connectivity index (χ0v) is 11.6. The number of ether oxygens (including phenoxy) is 1. The van der Waals surface area contributed by atoms with Gasteiger partial charge in [0.05, 0.1) is 13.0 Å². The molecule has 0 aromatic carbocycles. The molecule has 1 rings (SSSR count). The summed E-state index contributed by atoms with van der Waals surface area (Å²) < 4.78 is 4.66. The molecule has 0 aromatic rings. The Morgan fingerprint density at radius 1 is 1.22 bits per heavy atom. The van der Waals surface area contributed by atoms with Crippen LogP contribution in [0.5, 0.6) is 0 Å². The van der Waals surface area contributed by atoms with Crippen LogP contribution in [0.2, 0.25) is 0 Å². The number of methoxy groups -OCH3 is 1. The van der Waals surface area contributed by atoms with Gasteiger partial charge in [0.1, 0.15) is 0 Å². The van der Waals surface area contributed by atoms with Gasteiger partial charge in [-0.25, -0.2) is 0 Å². The van der Waals surface area contributed by atoms with Crippen LogP contribution >= 0.6 is 0 Å². The number of hydrogen-bond donors (Lipinski definition) is 0. The summed E-state index contributed by atoms with van der Waals surface area (Å²) in [4.78, 5) is 27.3. The number of carbonyl (C=O) groups excluding carboxylic acids is 2. The highest BCUT2D eigenvalue weighted by Crippen LogP contribution is 2.11. The first kappa shape index (κ1) is 15.0. The second kappa shape index (κ2) is 7.36. The van der Waals surface area contributed by atoms with Gasteiger partial charge in [-0.3, -0.25) is 9.59 Å². The van der Waals surface area contributed by atoms with E-state index in [-0.39, 0.29) is 17.8 Å². The number of carbonyl (C=O) groups is 2. The number of likely N-dealkylation sites (N-methyl/N-ethyl adjacent to an activating group) is 1. The van der Waals surface area contributed by atoms with Crippen molar-refractivity contribution in [2.45, 2.75) is 26.2 Å². The molecule has 5 nitrogen and oxygen atoms in total. The molecule has 1 saturated heterocycles. The van der Waals surface area contributed by atoms with Gasteiger partial charge >= 0.3 is 5.97 Å². The largest absolute Gasteiger partial charge is 0.469 e. The van der Waals surface area contributed by atoms with Crippen molar-refractivity contribution < 1.29 is 14.3 Å². The second-order valence-corrected chi connectivity index (χ2v) is 5.00. The molecule has 0 N–H and O–H groups in total. The first-order valence-electron chi connectivity index (χ1n) is 6.58. The third-order valence-corrected chi connectivity index (χ3v) is 3.49. The Balaban J connectivity index is 2.19. The normalized spacial score (nSPS) is 18.5. The van der Waals surface area contributed by atoms with E-state index < -0.39 is 0 Å². The molecule has 0 radical (unpaired) electrons. The molecule has 1 amide bonds. The molecule has 104 valence electrons. The zero-order valence-electron chi connectivity index (χ0n) is 11.6. The number of hydrogen-bond acceptors (Lipinski definition) is 4. The van der Waals surface area contributed by atoms with Crippen molar-refractivity contribution in [1.82, 2.24) is 9.80 Å². The molecule has 5 heteroatoms. The van der Waals surface area contributed by atoms with Crippen LogP contribution in [0.4, 0.5) is 0 Å². The van der Waals surface area contributed by atoms with Crippen LogP contribution in [0.25, 0.3) is 0 Å². The van der Waals surface area contributed by atoms with Crippen molar-refractivity contribution in [3.05, 3.63) is 0 Å². The van der Waals surface area contributed by atoms with Crippen molar-refractivity contribution in [1.29, 1.82) is 0 Å². The molecular weight excluding hydrogens is 232 g/mol. The third-order valence-electron chi connectivity index (χ3n) is 3.49. The topological polar surface area (TPSA) is 49.9 Å². The molecule has 0 bridgehead atoms. The number of amides is 1. The Kier molecular flexibility index (Phi) is 6.12. The second-order valence-electron chi connectivity index (χ2n) is 5.00. The van der Waals surface area contributed by atoms with E-state index in [1.807, 2.05) is 11.8 Å². The minimum atomic E-state index is -0.193. The van der Waals surface area contributed by atoms with E-state index >= 15 is 0 Å². The highest BCUT2D eigenvalue weighted by Gasteiger charge is 2.19. The molecule has 0 aliphatic carbocycles. The van der Waals surface area contributed by atoms with E-state index in [0.717, 1.165) is 32.6 Å². The fourth-order valence-corrected chi connectivity index (χ4v) is 2.09. The number of rotatable bonds is 5. The summed E-state index contributed by atoms with van der Waals surface area (Å²) in [5, 5.41) is 0. The average Bonchev–Trinajstić information content (AvgIpc) is 2.38. The zero-order chi connectivity index (χ0) is 13.5. The van der Waals surface area contributed by atoms with Crippen molar-refractivity contribution in [2.75, 3.05) is 40.3 Å². The van der Waals surface area contributed by atoms with E-state index in [0.29, 0.717) is 12.8 Å². The fourth-order valence-electron chi connectivity index (χ4n) is 2.09. The number of esters is 1. The van der Waals surface area contributed by atoms with E-state index in [1.54, 1.807) is 0 Å². The highest BCUT2D eigenvalue weighted by atomic mass is 16.5. The Bertz CT molecular complexity index is 286. The van der Waals surface area contributed by atoms with Gasteiger partial charge in [0.15, 0.2) is 0 Å². The van der Waals surface area contributed by atoms with E-state index in [9.17, 15) is 9.59 Å². The lowest BCUT2D eigenvalue weighted by atomic mass is 10.0. The molecule has 1 aliphatic rings. The Hall–Kier alpha value is -1.10. The summed E-state index contributed by atoms with van der Waals surface area (Å²) in [6.45, 7) is 5.38. The summed E-state index contributed by atoms with van der Waals surface area (Å²) in [5.41, 5.74) is 0. The minimum Gasteiger partial charge on any atom is -0.469 e. The van der Waals surface area contributed by atoms with Gasteiger partial charge in [0, 0.05) is 32.6 Å². The van der Waals surface area contributed by atoms with Gasteiger partial charge in [-0.2, -0.15) is 0 Å². The third kappa shape index (κ3) is 4.64. The average molecular weight is 256 g/mol. The maximum absolute atomic E-state index is 11.9. The molecule has 1 atom stereocenters. The maximum atomic E-state index is 11.9. The first-order valence-corrected chi connectivity index (χ1v) is 6.58. The molecule has 0 spiro atoms. The lowest BCUT2D eigenvalue weighted by Crippen LogP contribution is -2.47. The van der Waals surface area contributed by atoms with Crippen LogP contribution in [0.15, 0.2) is 0 Å². The highest BCUT2D eigenvalue weighted by molar-refractivity contribution is 5.76. The van der Waals surface area contributed by atoms with Crippen LogP contribution in [-0.4, -0.2) is 62.0 Å². The first-order chi connectivity index (χ1) is 8.54. The molecule has 18 heavy (non-hydrogen) atoms. The van der Waals surface area contributed by atoms with Crippen LogP contribution in [-0.2, 0) is 14.3 Å². The van der Waals surface area contributed by atoms with Gasteiger partial charge in [-0.05, 0) is 19.9 Å². The van der Waals surface area contributed by atoms with E-state index in [2.05, 4.69) is 16.7 Å². The SMILES string of the molecule is COC(=O)C(C)CCCC(=O)N1CCN(C)CC1. The van der Waals surface area contributed by atoms with Gasteiger partial charge in [-0.1, -0.05) is 6.92 Å². The Morgan fingerprint density at radius 3 is 2.39 bits per heavy atom. The summed E-state index contributed by atoms with van der Waals surface area (Å²) in [5.74, 6) is -0.0995. The molecule has 1 heterocycles. The molecule has 1 aliphatic heterocycles. The van der Waals surface area contributed by atoms with Crippen LogP contribution in [0.1, 0.15) is 26.2 Å². The van der Waals surface area contributed by atoms with Gasteiger partial charge in [0.25, 0.3) is 0 Å². The summed E-state index contributed by atoms with van der Waals surface area (Å²) in [7, 11) is 3.47. The van der Waals surface area contributed by atoms with Crippen LogP contribution in [0.3, 0.4) is 0 Å². The van der Waals surface area contributed by atoms with E-state index in [1.165, 1.54) is 7.11 Å². The molecule has 0 saturated carbocycles. The molecule has 1 unspecified atom stereocenters. The molecule has 0 aromatic heterocycles. The van der Waals surface area contributed by atoms with Crippen LogP contribution < -0.4 is 0 Å². The lowest BCUT2D eigenvalue weighted by molar-refractivity contribution is -0.145. The van der Waals surface area contributed by atoms with Gasteiger partial charge < -0.3 is 14.5 Å². The van der Waals surface area contributed by atoms with Gasteiger partial charge in [-0.15, -0.1) is 0 Å². The van der Waals surface area contributed by atoms with E-state index in [4.69, 9.17) is 0 Å². The quantitative estimate of drug-likeness (QED) is 0.681. The maximum Gasteiger partial charge on any atom is 0.308 e. The molecule has 1 fully saturated rings. The van der Waals surface area contributed by atoms with Crippen molar-refractivity contribution >= 4 is 11.9 Å². The predicted molar refractivity (Wildman–Crippen MR) is 69.1 cm³/mol. The monoisotopic (exact) mass is 256 g/mol. The predicted octanol–water partition coefficient (Wildman–Crippen LogP) is 0.740. The van der Waals surface area contributed by atoms with Crippen LogP contribution in [0, 0.1) is 5.92 Å². The minimum absolute atomic E-state index is 0.115. The summed E-state index contributed by atoms with van der Waals surface area (Å²) in [6.07, 6.45) is 2.00. The summed E-state index contributed by atoms with van der Waals surface area (Å²) in [6, 6.07) is 0. The Labute approximate surface area is 109 Å². The fraction of sp³-hybridized carbons (Fsp3) is 0.846. The van der Waals surface area contributed by atoms with Gasteiger partial charge in [0.2, 0.25) is 5.91 Å². The number of piperazine rings is 1. The standard InChI is InChI=1S/C13H24N2O3/c1-11(13(17)18-3)5-4-6-12(16)15-9-7-14(2)8-10-15/h11H,4-10H2,1-3H3. The van der Waals surface area contributed by atoms with Crippen molar-refractivity contribution in [3.63, 3.8) is 0 Å². The summed E-state index contributed by atoms with van der Waals surface area (Å²) >= 11 is 0. The number of nitrogens with zero attached hydrogens (tertiary/aromatic N) is 2. The van der Waals surface area contributed by atoms with Crippen molar-refractivity contribution in [3.8, 4) is 0 Å². The Morgan fingerprint density at radius 2 is 1.83 bits per heavy atom.